The van der Waals surface area contributed by atoms with Gasteiger partial charge in [0.15, 0.2) is 0 Å². The van der Waals surface area contributed by atoms with E-state index in [4.69, 9.17) is 0 Å². The highest BCUT2D eigenvalue weighted by Crippen LogP contribution is 1.96. The van der Waals surface area contributed by atoms with E-state index < -0.39 is 11.2 Å². The minimum absolute atomic E-state index is 0.132. The van der Waals surface area contributed by atoms with Crippen molar-refractivity contribution in [3.63, 3.8) is 0 Å². The first-order valence-corrected chi connectivity index (χ1v) is 5.57. The number of aromatic nitrogens is 2. The summed E-state index contributed by atoms with van der Waals surface area (Å²) in [6.07, 6.45) is 1.30. The van der Waals surface area contributed by atoms with Crippen LogP contribution < -0.4 is 16.6 Å². The number of carbonyl (C=O) groups is 1. The summed E-state index contributed by atoms with van der Waals surface area (Å²) in [4.78, 5) is 34.2. The van der Waals surface area contributed by atoms with Crippen molar-refractivity contribution < 1.29 is 4.79 Å². The van der Waals surface area contributed by atoms with Gasteiger partial charge in [0.05, 0.1) is 0 Å². The average Bonchev–Trinajstić information content (AvgIpc) is 2.27. The molecule has 0 aliphatic heterocycles. The third kappa shape index (κ3) is 3.70. The zero-order valence-corrected chi connectivity index (χ0v) is 10.9. The summed E-state index contributed by atoms with van der Waals surface area (Å²) in [5.74, 6) is -0.327. The van der Waals surface area contributed by atoms with Crippen molar-refractivity contribution in [3.05, 3.63) is 44.2 Å². The molecule has 7 heteroatoms. The van der Waals surface area contributed by atoms with E-state index >= 15 is 0 Å². The van der Waals surface area contributed by atoms with Crippen LogP contribution in [0.1, 0.15) is 0 Å². The fourth-order valence-corrected chi connectivity index (χ4v) is 1.28. The number of halogens is 1. The molecule has 0 bridgehead atoms. The monoisotopic (exact) mass is 301 g/mol. The lowest BCUT2D eigenvalue weighted by molar-refractivity contribution is -0.121. The lowest BCUT2D eigenvalue weighted by Crippen LogP contribution is -2.40. The molecule has 0 spiro atoms. The fourth-order valence-electron chi connectivity index (χ4n) is 1.14. The van der Waals surface area contributed by atoms with Crippen molar-refractivity contribution in [1.82, 2.24) is 14.5 Å². The van der Waals surface area contributed by atoms with Gasteiger partial charge in [0.25, 0.3) is 5.56 Å². The Bertz CT molecular complexity index is 559. The van der Waals surface area contributed by atoms with E-state index in [9.17, 15) is 14.4 Å². The van der Waals surface area contributed by atoms with Crippen LogP contribution >= 0.6 is 15.9 Å². The lowest BCUT2D eigenvalue weighted by Gasteiger charge is -2.07. The first-order chi connectivity index (χ1) is 7.91. The molecule has 0 saturated heterocycles. The van der Waals surface area contributed by atoms with Crippen LogP contribution in [0.2, 0.25) is 0 Å². The van der Waals surface area contributed by atoms with Gasteiger partial charge in [0, 0.05) is 30.3 Å². The van der Waals surface area contributed by atoms with E-state index in [2.05, 4.69) is 27.8 Å². The zero-order chi connectivity index (χ0) is 13.0. The number of nitrogens with zero attached hydrogens (tertiary/aromatic N) is 2. The number of rotatable bonds is 4. The molecule has 0 saturated carbocycles. The van der Waals surface area contributed by atoms with E-state index in [0.717, 1.165) is 9.13 Å². The van der Waals surface area contributed by atoms with E-state index in [1.165, 1.54) is 19.3 Å². The van der Waals surface area contributed by atoms with Gasteiger partial charge in [-0.05, 0) is 0 Å². The molecule has 1 aromatic rings. The molecule has 17 heavy (non-hydrogen) atoms. The highest BCUT2D eigenvalue weighted by atomic mass is 79.9. The van der Waals surface area contributed by atoms with Crippen molar-refractivity contribution in [3.8, 4) is 0 Å². The van der Waals surface area contributed by atoms with Gasteiger partial charge in [-0.3, -0.25) is 18.7 Å². The average molecular weight is 302 g/mol. The zero-order valence-electron chi connectivity index (χ0n) is 9.27. The number of amides is 1. The maximum Gasteiger partial charge on any atom is 0.331 e. The third-order valence-corrected chi connectivity index (χ3v) is 2.33. The van der Waals surface area contributed by atoms with Crippen LogP contribution in [0, 0.1) is 0 Å². The second-order valence-electron chi connectivity index (χ2n) is 3.42. The topological polar surface area (TPSA) is 73.1 Å². The Balaban J connectivity index is 2.80. The summed E-state index contributed by atoms with van der Waals surface area (Å²) in [6, 6.07) is 1.23. The quantitative estimate of drug-likeness (QED) is 0.820. The number of nitrogens with one attached hydrogen (secondary N) is 1. The van der Waals surface area contributed by atoms with Crippen LogP contribution in [0.15, 0.2) is 32.9 Å². The molecule has 0 fully saturated rings. The van der Waals surface area contributed by atoms with Crippen LogP contribution in [-0.2, 0) is 18.4 Å². The molecule has 6 nitrogen and oxygen atoms in total. The Morgan fingerprint density at radius 1 is 1.53 bits per heavy atom. The molecule has 0 radical (unpaired) electrons. The molecule has 1 rings (SSSR count). The van der Waals surface area contributed by atoms with Crippen molar-refractivity contribution in [1.29, 1.82) is 0 Å². The van der Waals surface area contributed by atoms with Crippen LogP contribution in [0.3, 0.4) is 0 Å². The van der Waals surface area contributed by atoms with Gasteiger partial charge >= 0.3 is 5.69 Å². The SMILES string of the molecule is C=C(Br)CNC(=O)Cn1ccc(=O)n(C)c1=O. The smallest absolute Gasteiger partial charge is 0.331 e. The summed E-state index contributed by atoms with van der Waals surface area (Å²) in [5.41, 5.74) is -0.925. The predicted octanol–water partition coefficient (Wildman–Crippen LogP) is -0.428. The maximum atomic E-state index is 11.6. The summed E-state index contributed by atoms with van der Waals surface area (Å²) >= 11 is 3.10. The van der Waals surface area contributed by atoms with Gasteiger partial charge in [-0.2, -0.15) is 0 Å². The van der Waals surface area contributed by atoms with E-state index in [0.29, 0.717) is 11.0 Å². The molecular formula is C10H12BrN3O3. The second kappa shape index (κ2) is 5.62. The van der Waals surface area contributed by atoms with Gasteiger partial charge < -0.3 is 5.32 Å². The van der Waals surface area contributed by atoms with Crippen molar-refractivity contribution in [2.45, 2.75) is 6.54 Å². The fraction of sp³-hybridized carbons (Fsp3) is 0.300. The number of carbonyl (C=O) groups excluding carboxylic acids is 1. The standard InChI is InChI=1S/C10H12BrN3O3/c1-7(11)5-12-8(15)6-14-4-3-9(16)13(2)10(14)17/h3-4H,1,5-6H2,2H3,(H,12,15). The molecule has 1 aromatic heterocycles. The molecule has 0 aliphatic rings. The van der Waals surface area contributed by atoms with Crippen molar-refractivity contribution >= 4 is 21.8 Å². The molecule has 0 unspecified atom stereocenters. The summed E-state index contributed by atoms with van der Waals surface area (Å²) in [5, 5.41) is 2.56. The van der Waals surface area contributed by atoms with E-state index in [-0.39, 0.29) is 12.5 Å². The Hall–Kier alpha value is -1.63. The first-order valence-electron chi connectivity index (χ1n) is 4.78. The van der Waals surface area contributed by atoms with Crippen molar-refractivity contribution in [2.75, 3.05) is 6.54 Å². The van der Waals surface area contributed by atoms with Crippen LogP contribution in [-0.4, -0.2) is 21.6 Å². The Morgan fingerprint density at radius 3 is 2.76 bits per heavy atom. The van der Waals surface area contributed by atoms with E-state index in [1.54, 1.807) is 0 Å². The highest BCUT2D eigenvalue weighted by Gasteiger charge is 2.06. The Morgan fingerprint density at radius 2 is 2.18 bits per heavy atom. The molecule has 0 atom stereocenters. The predicted molar refractivity (Wildman–Crippen MR) is 67.0 cm³/mol. The number of hydrogen-bond acceptors (Lipinski definition) is 3. The summed E-state index contributed by atoms with van der Waals surface area (Å²) in [6.45, 7) is 3.72. The Kier molecular flexibility index (Phi) is 4.45. The van der Waals surface area contributed by atoms with Gasteiger partial charge in [0.1, 0.15) is 6.54 Å². The third-order valence-electron chi connectivity index (χ3n) is 2.05. The van der Waals surface area contributed by atoms with Crippen molar-refractivity contribution in [2.24, 2.45) is 7.05 Å². The van der Waals surface area contributed by atoms with Crippen LogP contribution in [0.5, 0.6) is 0 Å². The van der Waals surface area contributed by atoms with Crippen LogP contribution in [0.4, 0.5) is 0 Å². The highest BCUT2D eigenvalue weighted by molar-refractivity contribution is 9.11. The molecule has 92 valence electrons. The summed E-state index contributed by atoms with van der Waals surface area (Å²) < 4.78 is 2.74. The second-order valence-corrected chi connectivity index (χ2v) is 4.54. The Labute approximate surface area is 106 Å². The molecular weight excluding hydrogens is 290 g/mol. The molecule has 0 aliphatic carbocycles. The van der Waals surface area contributed by atoms with Gasteiger partial charge in [-0.25, -0.2) is 4.79 Å². The first kappa shape index (κ1) is 13.4. The maximum absolute atomic E-state index is 11.6. The minimum atomic E-state index is -0.523. The normalized spacial score (nSPS) is 10.0. The summed E-state index contributed by atoms with van der Waals surface area (Å²) in [7, 11) is 1.36. The lowest BCUT2D eigenvalue weighted by atomic mass is 10.5. The van der Waals surface area contributed by atoms with Gasteiger partial charge in [-0.1, -0.05) is 22.5 Å². The van der Waals surface area contributed by atoms with Gasteiger partial charge in [0.2, 0.25) is 5.91 Å². The minimum Gasteiger partial charge on any atom is -0.350 e. The largest absolute Gasteiger partial charge is 0.350 e. The van der Waals surface area contributed by atoms with Crippen LogP contribution in [0.25, 0.3) is 0 Å². The molecule has 0 aromatic carbocycles. The molecule has 1 amide bonds. The number of hydrogen-bond donors (Lipinski definition) is 1. The molecule has 1 heterocycles. The molecule has 1 N–H and O–H groups in total. The van der Waals surface area contributed by atoms with E-state index in [1.807, 2.05) is 0 Å². The van der Waals surface area contributed by atoms with Gasteiger partial charge in [-0.15, -0.1) is 0 Å².